The number of amides is 1. The lowest BCUT2D eigenvalue weighted by Gasteiger charge is -2.09. The van der Waals surface area contributed by atoms with Crippen molar-refractivity contribution in [2.45, 2.75) is 13.5 Å². The van der Waals surface area contributed by atoms with Crippen molar-refractivity contribution in [3.05, 3.63) is 46.2 Å². The van der Waals surface area contributed by atoms with Gasteiger partial charge >= 0.3 is 0 Å². The molecule has 0 radical (unpaired) electrons. The number of carbonyl (C=O) groups is 1. The van der Waals surface area contributed by atoms with Crippen molar-refractivity contribution in [2.75, 3.05) is 12.4 Å². The number of hydrogen-bond donors (Lipinski definition) is 2. The minimum Gasteiger partial charge on any atom is -0.496 e. The van der Waals surface area contributed by atoms with Crippen LogP contribution < -0.4 is 10.1 Å². The van der Waals surface area contributed by atoms with Crippen molar-refractivity contribution in [2.24, 2.45) is 7.05 Å². The molecule has 1 aromatic carbocycles. The summed E-state index contributed by atoms with van der Waals surface area (Å²) < 4.78 is 6.67. The molecule has 1 amide bonds. The smallest absolute Gasteiger partial charge is 0.248 e. The molecule has 0 atom stereocenters. The molecular formula is C16H18ClN3O3. The number of ether oxygens (including phenoxy) is 1. The van der Waals surface area contributed by atoms with Gasteiger partial charge in [0.1, 0.15) is 10.9 Å². The number of aliphatic hydroxyl groups excluding tert-OH is 1. The summed E-state index contributed by atoms with van der Waals surface area (Å²) in [6, 6.07) is 5.05. The lowest BCUT2D eigenvalue weighted by atomic mass is 10.2. The van der Waals surface area contributed by atoms with E-state index in [1.807, 2.05) is 6.92 Å². The lowest BCUT2D eigenvalue weighted by molar-refractivity contribution is -0.111. The van der Waals surface area contributed by atoms with Gasteiger partial charge < -0.3 is 15.2 Å². The summed E-state index contributed by atoms with van der Waals surface area (Å²) in [5.41, 5.74) is 2.61. The highest BCUT2D eigenvalue weighted by Gasteiger charge is 2.09. The van der Waals surface area contributed by atoms with E-state index in [9.17, 15) is 9.90 Å². The van der Waals surface area contributed by atoms with E-state index < -0.39 is 0 Å². The number of nitrogens with one attached hydrogen (secondary N) is 1. The van der Waals surface area contributed by atoms with E-state index in [0.717, 1.165) is 5.69 Å². The summed E-state index contributed by atoms with van der Waals surface area (Å²) in [4.78, 5) is 12.0. The van der Waals surface area contributed by atoms with Gasteiger partial charge in [-0.15, -0.1) is 0 Å². The molecule has 7 heteroatoms. The molecule has 0 aliphatic heterocycles. The zero-order valence-corrected chi connectivity index (χ0v) is 13.9. The summed E-state index contributed by atoms with van der Waals surface area (Å²) in [5.74, 6) is 0.261. The van der Waals surface area contributed by atoms with Gasteiger partial charge in [0.2, 0.25) is 5.91 Å². The van der Waals surface area contributed by atoms with Crippen LogP contribution in [-0.2, 0) is 18.4 Å². The van der Waals surface area contributed by atoms with Gasteiger partial charge in [-0.05, 0) is 31.2 Å². The minimum absolute atomic E-state index is 0.173. The second-order valence-electron chi connectivity index (χ2n) is 4.92. The molecule has 2 aromatic rings. The maximum absolute atomic E-state index is 12.0. The highest BCUT2D eigenvalue weighted by Crippen LogP contribution is 2.23. The highest BCUT2D eigenvalue weighted by molar-refractivity contribution is 6.31. The van der Waals surface area contributed by atoms with Crippen LogP contribution in [0.4, 0.5) is 5.69 Å². The molecule has 0 fully saturated rings. The topological polar surface area (TPSA) is 76.4 Å². The summed E-state index contributed by atoms with van der Waals surface area (Å²) >= 11 is 6.11. The zero-order valence-electron chi connectivity index (χ0n) is 13.1. The fourth-order valence-corrected chi connectivity index (χ4v) is 2.40. The van der Waals surface area contributed by atoms with E-state index in [1.165, 1.54) is 13.2 Å². The van der Waals surface area contributed by atoms with Gasteiger partial charge in [-0.1, -0.05) is 11.6 Å². The summed E-state index contributed by atoms with van der Waals surface area (Å²) in [5, 5.41) is 16.7. The monoisotopic (exact) mass is 335 g/mol. The minimum atomic E-state index is -0.307. The van der Waals surface area contributed by atoms with Gasteiger partial charge in [-0.2, -0.15) is 5.10 Å². The standard InChI is InChI=1S/C16H18ClN3O3/c1-10-13(16(17)20(2)19-10)5-7-15(22)18-12-4-6-14(23-3)11(8-12)9-21/h4-8,21H,9H2,1-3H3,(H,18,22)/b7-5+. The van der Waals surface area contributed by atoms with Gasteiger partial charge in [0, 0.05) is 29.9 Å². The summed E-state index contributed by atoms with van der Waals surface area (Å²) in [6.07, 6.45) is 3.01. The van der Waals surface area contributed by atoms with Crippen molar-refractivity contribution in [1.29, 1.82) is 0 Å². The van der Waals surface area contributed by atoms with Gasteiger partial charge in [0.25, 0.3) is 0 Å². The molecule has 2 rings (SSSR count). The van der Waals surface area contributed by atoms with Gasteiger partial charge in [0.15, 0.2) is 0 Å². The third-order valence-corrected chi connectivity index (χ3v) is 3.76. The van der Waals surface area contributed by atoms with Crippen LogP contribution in [0.2, 0.25) is 5.15 Å². The number of carbonyl (C=O) groups excluding carboxylic acids is 1. The second-order valence-corrected chi connectivity index (χ2v) is 5.28. The van der Waals surface area contributed by atoms with Gasteiger partial charge in [0.05, 0.1) is 19.4 Å². The van der Waals surface area contributed by atoms with E-state index in [4.69, 9.17) is 16.3 Å². The number of aryl methyl sites for hydroxylation is 2. The fraction of sp³-hybridized carbons (Fsp3) is 0.250. The summed E-state index contributed by atoms with van der Waals surface area (Å²) in [6.45, 7) is 1.65. The van der Waals surface area contributed by atoms with E-state index in [-0.39, 0.29) is 12.5 Å². The Morgan fingerprint density at radius 2 is 2.26 bits per heavy atom. The van der Waals surface area contributed by atoms with Crippen LogP contribution in [0.3, 0.4) is 0 Å². The quantitative estimate of drug-likeness (QED) is 0.823. The third kappa shape index (κ3) is 3.91. The Morgan fingerprint density at radius 1 is 1.52 bits per heavy atom. The van der Waals surface area contributed by atoms with Crippen LogP contribution in [0.15, 0.2) is 24.3 Å². The number of hydrogen-bond acceptors (Lipinski definition) is 4. The molecule has 6 nitrogen and oxygen atoms in total. The number of methoxy groups -OCH3 is 1. The number of rotatable bonds is 5. The fourth-order valence-electron chi connectivity index (χ4n) is 2.16. The Kier molecular flexibility index (Phi) is 5.41. The molecule has 122 valence electrons. The van der Waals surface area contributed by atoms with Crippen molar-refractivity contribution in [3.8, 4) is 5.75 Å². The Bertz CT molecular complexity index is 753. The van der Waals surface area contributed by atoms with Crippen molar-refractivity contribution in [1.82, 2.24) is 9.78 Å². The van der Waals surface area contributed by atoms with Crippen LogP contribution in [0.5, 0.6) is 5.75 Å². The first kappa shape index (κ1) is 17.1. The molecule has 0 aliphatic rings. The molecule has 1 aromatic heterocycles. The average Bonchev–Trinajstić information content (AvgIpc) is 2.78. The zero-order chi connectivity index (χ0) is 17.0. The number of benzene rings is 1. The number of halogens is 1. The highest BCUT2D eigenvalue weighted by atomic mass is 35.5. The first-order valence-corrected chi connectivity index (χ1v) is 7.30. The molecule has 1 heterocycles. The number of anilines is 1. The third-order valence-electron chi connectivity index (χ3n) is 3.32. The molecular weight excluding hydrogens is 318 g/mol. The SMILES string of the molecule is COc1ccc(NC(=O)/C=C/c2c(C)nn(C)c2Cl)cc1CO. The molecule has 0 bridgehead atoms. The second kappa shape index (κ2) is 7.30. The molecule has 0 aliphatic carbocycles. The summed E-state index contributed by atoms with van der Waals surface area (Å²) in [7, 11) is 3.26. The normalized spacial score (nSPS) is 11.0. The van der Waals surface area contributed by atoms with Crippen molar-refractivity contribution in [3.63, 3.8) is 0 Å². The molecule has 23 heavy (non-hydrogen) atoms. The number of nitrogens with zero attached hydrogens (tertiary/aromatic N) is 2. The molecule has 0 saturated carbocycles. The molecule has 0 saturated heterocycles. The van der Waals surface area contributed by atoms with Crippen LogP contribution in [0.1, 0.15) is 16.8 Å². The molecule has 0 unspecified atom stereocenters. The number of aromatic nitrogens is 2. The van der Waals surface area contributed by atoms with E-state index >= 15 is 0 Å². The van der Waals surface area contributed by atoms with Gasteiger partial charge in [-0.25, -0.2) is 0 Å². The lowest BCUT2D eigenvalue weighted by Crippen LogP contribution is -2.08. The van der Waals surface area contributed by atoms with Crippen molar-refractivity contribution < 1.29 is 14.6 Å². The van der Waals surface area contributed by atoms with Gasteiger partial charge in [-0.3, -0.25) is 9.48 Å². The number of aliphatic hydroxyl groups is 1. The maximum atomic E-state index is 12.0. The van der Waals surface area contributed by atoms with Crippen LogP contribution >= 0.6 is 11.6 Å². The van der Waals surface area contributed by atoms with Crippen LogP contribution in [0.25, 0.3) is 6.08 Å². The Morgan fingerprint density at radius 3 is 2.83 bits per heavy atom. The molecule has 2 N–H and O–H groups in total. The van der Waals surface area contributed by atoms with E-state index in [0.29, 0.717) is 27.7 Å². The first-order valence-electron chi connectivity index (χ1n) is 6.92. The Hall–Kier alpha value is -2.31. The predicted molar refractivity (Wildman–Crippen MR) is 89.5 cm³/mol. The predicted octanol–water partition coefficient (Wildman–Crippen LogP) is 2.53. The van der Waals surface area contributed by atoms with E-state index in [2.05, 4.69) is 10.4 Å². The Balaban J connectivity index is 2.12. The Labute approximate surface area is 139 Å². The van der Waals surface area contributed by atoms with E-state index in [1.54, 1.807) is 36.0 Å². The molecule has 0 spiro atoms. The maximum Gasteiger partial charge on any atom is 0.248 e. The van der Waals surface area contributed by atoms with Crippen LogP contribution in [-0.4, -0.2) is 27.9 Å². The van der Waals surface area contributed by atoms with Crippen LogP contribution in [0, 0.1) is 6.92 Å². The van der Waals surface area contributed by atoms with Crippen molar-refractivity contribution >= 4 is 29.3 Å². The largest absolute Gasteiger partial charge is 0.496 e. The first-order chi connectivity index (χ1) is 11.0. The average molecular weight is 336 g/mol.